The highest BCUT2D eigenvalue weighted by Gasteiger charge is 2.52. The number of fused-ring (bicyclic) bond motifs is 1. The summed E-state index contributed by atoms with van der Waals surface area (Å²) < 4.78 is 30.7. The maximum atomic E-state index is 13.0. The molecule has 2 aliphatic heterocycles. The molecular weight excluding hydrogens is 498 g/mol. The fourth-order valence-corrected chi connectivity index (χ4v) is 4.68. The molecule has 0 saturated carbocycles. The smallest absolute Gasteiger partial charge is 0.331 e. The molecule has 0 radical (unpaired) electrons. The van der Waals surface area contributed by atoms with Crippen LogP contribution in [0.4, 0.5) is 0 Å². The van der Waals surface area contributed by atoms with Crippen molar-refractivity contribution in [2.75, 3.05) is 6.61 Å². The summed E-state index contributed by atoms with van der Waals surface area (Å²) in [6, 6.07) is 27.7. The van der Waals surface area contributed by atoms with E-state index in [4.69, 9.17) is 23.7 Å². The summed E-state index contributed by atoms with van der Waals surface area (Å²) >= 11 is 0. The van der Waals surface area contributed by atoms with Gasteiger partial charge in [-0.25, -0.2) is 4.79 Å². The van der Waals surface area contributed by atoms with Gasteiger partial charge in [-0.15, -0.1) is 0 Å². The average molecular weight is 530 g/mol. The van der Waals surface area contributed by atoms with Crippen LogP contribution in [-0.4, -0.2) is 49.1 Å². The standard InChI is InChI=1S/C31H31NO7/c1-21(33)32-27-29(38-26(34)18-17-22-11-5-2-6-12-22)28-25(20-36-30(39-28)24-15-9-4-10-16-24)37-31(27)35-19-23-13-7-3-8-14-23/h2-18,25,27-31H,19-20H2,1H3,(H,32,33)/t25-,27-,28-,29-,30+,31+/m1/s1. The van der Waals surface area contributed by atoms with Crippen molar-refractivity contribution < 1.29 is 33.3 Å². The highest BCUT2D eigenvalue weighted by atomic mass is 16.8. The molecule has 0 aromatic heterocycles. The van der Waals surface area contributed by atoms with Crippen molar-refractivity contribution in [3.63, 3.8) is 0 Å². The van der Waals surface area contributed by atoms with Gasteiger partial charge in [-0.3, -0.25) is 4.79 Å². The van der Waals surface area contributed by atoms with E-state index in [0.29, 0.717) is 0 Å². The molecule has 6 atom stereocenters. The van der Waals surface area contributed by atoms with Gasteiger partial charge in [-0.05, 0) is 17.2 Å². The van der Waals surface area contributed by atoms with E-state index in [-0.39, 0.29) is 19.1 Å². The maximum Gasteiger partial charge on any atom is 0.331 e. The predicted octanol–water partition coefficient (Wildman–Crippen LogP) is 4.17. The summed E-state index contributed by atoms with van der Waals surface area (Å²) in [7, 11) is 0. The number of hydrogen-bond donors (Lipinski definition) is 1. The van der Waals surface area contributed by atoms with Crippen LogP contribution in [0.15, 0.2) is 97.1 Å². The van der Waals surface area contributed by atoms with Gasteiger partial charge in [0.1, 0.15) is 18.2 Å². The van der Waals surface area contributed by atoms with Crippen LogP contribution < -0.4 is 5.32 Å². The molecule has 0 spiro atoms. The fraction of sp³-hybridized carbons (Fsp3) is 0.290. The largest absolute Gasteiger partial charge is 0.454 e. The molecule has 3 aromatic rings. The second-order valence-electron chi connectivity index (χ2n) is 9.39. The Bertz CT molecular complexity index is 1250. The van der Waals surface area contributed by atoms with Crippen LogP contribution in [-0.2, 0) is 39.9 Å². The lowest BCUT2D eigenvalue weighted by atomic mass is 9.95. The second-order valence-corrected chi connectivity index (χ2v) is 9.39. The van der Waals surface area contributed by atoms with Crippen molar-refractivity contribution in [1.82, 2.24) is 5.32 Å². The summed E-state index contributed by atoms with van der Waals surface area (Å²) in [6.45, 7) is 1.82. The van der Waals surface area contributed by atoms with Gasteiger partial charge in [0.05, 0.1) is 13.2 Å². The predicted molar refractivity (Wildman–Crippen MR) is 143 cm³/mol. The molecule has 3 aromatic carbocycles. The van der Waals surface area contributed by atoms with Crippen molar-refractivity contribution in [3.8, 4) is 0 Å². The molecule has 2 fully saturated rings. The Balaban J connectivity index is 1.40. The van der Waals surface area contributed by atoms with Gasteiger partial charge < -0.3 is 29.0 Å². The van der Waals surface area contributed by atoms with Gasteiger partial charge in [0, 0.05) is 18.6 Å². The van der Waals surface area contributed by atoms with E-state index in [9.17, 15) is 9.59 Å². The summed E-state index contributed by atoms with van der Waals surface area (Å²) in [5.41, 5.74) is 2.61. The third-order valence-corrected chi connectivity index (χ3v) is 6.50. The second kappa shape index (κ2) is 12.8. The molecule has 1 N–H and O–H groups in total. The Morgan fingerprint density at radius 3 is 2.28 bits per heavy atom. The number of nitrogens with one attached hydrogen (secondary N) is 1. The van der Waals surface area contributed by atoms with E-state index in [2.05, 4.69) is 5.32 Å². The lowest BCUT2D eigenvalue weighted by molar-refractivity contribution is -0.346. The molecule has 39 heavy (non-hydrogen) atoms. The maximum absolute atomic E-state index is 13.0. The average Bonchev–Trinajstić information content (AvgIpc) is 2.97. The van der Waals surface area contributed by atoms with Crippen molar-refractivity contribution in [2.24, 2.45) is 0 Å². The highest BCUT2D eigenvalue weighted by Crippen LogP contribution is 2.36. The lowest BCUT2D eigenvalue weighted by Crippen LogP contribution is -2.67. The first-order chi connectivity index (χ1) is 19.1. The fourth-order valence-electron chi connectivity index (χ4n) is 4.68. The summed E-state index contributed by atoms with van der Waals surface area (Å²) in [4.78, 5) is 25.3. The van der Waals surface area contributed by atoms with Crippen LogP contribution in [0.3, 0.4) is 0 Å². The van der Waals surface area contributed by atoms with Gasteiger partial charge in [-0.2, -0.15) is 0 Å². The SMILES string of the molecule is CC(=O)N[C@H]1[C@@H](OCc2ccccc2)O[C@@H]2CO[C@H](c3ccccc3)O[C@H]2[C@@H]1OC(=O)C=Cc1ccccc1. The van der Waals surface area contributed by atoms with Crippen molar-refractivity contribution in [2.45, 2.75) is 50.5 Å². The Hall–Kier alpha value is -3.82. The number of carbonyl (C=O) groups is 2. The van der Waals surface area contributed by atoms with Crippen molar-refractivity contribution in [3.05, 3.63) is 114 Å². The first kappa shape index (κ1) is 26.8. The van der Waals surface area contributed by atoms with E-state index in [1.54, 1.807) is 6.08 Å². The minimum atomic E-state index is -0.910. The topological polar surface area (TPSA) is 92.3 Å². The van der Waals surface area contributed by atoms with Gasteiger partial charge in [0.2, 0.25) is 5.91 Å². The molecular formula is C31H31NO7. The zero-order valence-electron chi connectivity index (χ0n) is 21.6. The highest BCUT2D eigenvalue weighted by molar-refractivity contribution is 5.87. The minimum absolute atomic E-state index is 0.191. The number of amides is 1. The van der Waals surface area contributed by atoms with Crippen LogP contribution in [0.5, 0.6) is 0 Å². The molecule has 2 saturated heterocycles. The number of esters is 1. The Labute approximate surface area is 227 Å². The van der Waals surface area contributed by atoms with Gasteiger partial charge in [-0.1, -0.05) is 91.0 Å². The van der Waals surface area contributed by atoms with Gasteiger partial charge in [0.25, 0.3) is 0 Å². The molecule has 0 bridgehead atoms. The summed E-state index contributed by atoms with van der Waals surface area (Å²) in [5.74, 6) is -0.893. The molecule has 8 nitrogen and oxygen atoms in total. The molecule has 0 unspecified atom stereocenters. The van der Waals surface area contributed by atoms with Gasteiger partial charge in [0.15, 0.2) is 18.7 Å². The van der Waals surface area contributed by atoms with Crippen LogP contribution >= 0.6 is 0 Å². The van der Waals surface area contributed by atoms with E-state index < -0.39 is 42.9 Å². The Morgan fingerprint density at radius 1 is 0.923 bits per heavy atom. The van der Waals surface area contributed by atoms with E-state index in [1.165, 1.54) is 13.0 Å². The van der Waals surface area contributed by atoms with E-state index in [0.717, 1.165) is 16.7 Å². The molecule has 2 aliphatic rings. The molecule has 202 valence electrons. The van der Waals surface area contributed by atoms with Crippen molar-refractivity contribution >= 4 is 18.0 Å². The summed E-state index contributed by atoms with van der Waals surface area (Å²) in [6.07, 6.45) is -0.773. The third-order valence-electron chi connectivity index (χ3n) is 6.50. The molecule has 1 amide bonds. The van der Waals surface area contributed by atoms with Crippen LogP contribution in [0.25, 0.3) is 6.08 Å². The number of benzene rings is 3. The molecule has 5 rings (SSSR count). The molecule has 0 aliphatic carbocycles. The van der Waals surface area contributed by atoms with Crippen LogP contribution in [0.2, 0.25) is 0 Å². The third kappa shape index (κ3) is 6.99. The zero-order chi connectivity index (χ0) is 27.0. The zero-order valence-corrected chi connectivity index (χ0v) is 21.6. The normalized spacial score (nSPS) is 26.5. The van der Waals surface area contributed by atoms with Gasteiger partial charge >= 0.3 is 5.97 Å². The summed E-state index contributed by atoms with van der Waals surface area (Å²) in [5, 5.41) is 2.87. The number of rotatable bonds is 8. The molecule has 2 heterocycles. The Kier molecular flexibility index (Phi) is 8.80. The first-order valence-electron chi connectivity index (χ1n) is 12.9. The Morgan fingerprint density at radius 2 is 1.59 bits per heavy atom. The monoisotopic (exact) mass is 529 g/mol. The van der Waals surface area contributed by atoms with Crippen LogP contribution in [0.1, 0.15) is 29.9 Å². The van der Waals surface area contributed by atoms with E-state index in [1.807, 2.05) is 91.0 Å². The first-order valence-corrected chi connectivity index (χ1v) is 12.9. The number of hydrogen-bond acceptors (Lipinski definition) is 7. The number of carbonyl (C=O) groups excluding carboxylic acids is 2. The number of ether oxygens (including phenoxy) is 5. The molecule has 8 heteroatoms. The lowest BCUT2D eigenvalue weighted by Gasteiger charge is -2.48. The minimum Gasteiger partial charge on any atom is -0.454 e. The quantitative estimate of drug-likeness (QED) is 0.346. The van der Waals surface area contributed by atoms with E-state index >= 15 is 0 Å². The van der Waals surface area contributed by atoms with Crippen molar-refractivity contribution in [1.29, 1.82) is 0 Å². The van der Waals surface area contributed by atoms with Crippen LogP contribution in [0, 0.1) is 0 Å².